The van der Waals surface area contributed by atoms with Crippen LogP contribution in [0, 0.1) is 12.8 Å². The number of thiophene rings is 1. The summed E-state index contributed by atoms with van der Waals surface area (Å²) < 4.78 is 0. The first kappa shape index (κ1) is 15.5. The maximum absolute atomic E-state index is 11.6. The highest BCUT2D eigenvalue weighted by Crippen LogP contribution is 2.14. The number of hydrogen-bond acceptors (Lipinski definition) is 3. The summed E-state index contributed by atoms with van der Waals surface area (Å²) in [5, 5.41) is 16.3. The van der Waals surface area contributed by atoms with E-state index in [-0.39, 0.29) is 12.6 Å². The normalized spacial score (nSPS) is 11.9. The SMILES string of the molecule is CCCC(CNC(=O)NCc1sccc1C)C(=O)O. The minimum absolute atomic E-state index is 0.165. The van der Waals surface area contributed by atoms with E-state index in [0.717, 1.165) is 16.9 Å². The zero-order valence-electron chi connectivity index (χ0n) is 11.2. The third kappa shape index (κ3) is 5.30. The molecule has 0 aliphatic carbocycles. The summed E-state index contributed by atoms with van der Waals surface area (Å²) in [5.41, 5.74) is 1.15. The lowest BCUT2D eigenvalue weighted by Gasteiger charge is -2.12. The van der Waals surface area contributed by atoms with Crippen LogP contribution in [0.3, 0.4) is 0 Å². The number of aryl methyl sites for hydroxylation is 1. The van der Waals surface area contributed by atoms with Crippen molar-refractivity contribution in [2.24, 2.45) is 5.92 Å². The van der Waals surface area contributed by atoms with Crippen molar-refractivity contribution in [2.45, 2.75) is 33.2 Å². The number of nitrogens with one attached hydrogen (secondary N) is 2. The molecule has 6 heteroatoms. The van der Waals surface area contributed by atoms with Crippen LogP contribution in [0.4, 0.5) is 4.79 Å². The number of amides is 2. The number of hydrogen-bond donors (Lipinski definition) is 3. The molecule has 1 rings (SSSR count). The van der Waals surface area contributed by atoms with Gasteiger partial charge in [-0.05, 0) is 30.4 Å². The van der Waals surface area contributed by atoms with Crippen LogP contribution in [0.15, 0.2) is 11.4 Å². The molecule has 1 atom stereocenters. The van der Waals surface area contributed by atoms with Gasteiger partial charge in [0, 0.05) is 11.4 Å². The number of aliphatic carboxylic acids is 1. The van der Waals surface area contributed by atoms with E-state index >= 15 is 0 Å². The lowest BCUT2D eigenvalue weighted by atomic mass is 10.0. The molecule has 0 aromatic carbocycles. The Morgan fingerprint density at radius 1 is 1.42 bits per heavy atom. The molecule has 0 aliphatic rings. The molecule has 106 valence electrons. The van der Waals surface area contributed by atoms with Crippen LogP contribution >= 0.6 is 11.3 Å². The molecular weight excluding hydrogens is 264 g/mol. The van der Waals surface area contributed by atoms with Gasteiger partial charge in [0.05, 0.1) is 12.5 Å². The Kier molecular flexibility index (Phi) is 6.35. The molecule has 1 aromatic rings. The van der Waals surface area contributed by atoms with E-state index in [1.54, 1.807) is 11.3 Å². The lowest BCUT2D eigenvalue weighted by Crippen LogP contribution is -2.39. The Morgan fingerprint density at radius 3 is 2.68 bits per heavy atom. The van der Waals surface area contributed by atoms with Crippen molar-refractivity contribution >= 4 is 23.3 Å². The number of carbonyl (C=O) groups is 2. The topological polar surface area (TPSA) is 78.4 Å². The largest absolute Gasteiger partial charge is 0.481 e. The van der Waals surface area contributed by atoms with Crippen LogP contribution in [0.25, 0.3) is 0 Å². The van der Waals surface area contributed by atoms with Gasteiger partial charge < -0.3 is 15.7 Å². The molecule has 2 amide bonds. The second kappa shape index (κ2) is 7.78. The average molecular weight is 284 g/mol. The Bertz CT molecular complexity index is 431. The Morgan fingerprint density at radius 2 is 2.16 bits per heavy atom. The van der Waals surface area contributed by atoms with Crippen LogP contribution in [0.2, 0.25) is 0 Å². The van der Waals surface area contributed by atoms with E-state index in [1.807, 2.05) is 25.3 Å². The summed E-state index contributed by atoms with van der Waals surface area (Å²) in [6.07, 6.45) is 1.36. The van der Waals surface area contributed by atoms with E-state index in [4.69, 9.17) is 5.11 Å². The van der Waals surface area contributed by atoms with Gasteiger partial charge >= 0.3 is 12.0 Å². The molecule has 0 saturated heterocycles. The first-order chi connectivity index (χ1) is 9.04. The summed E-state index contributed by atoms with van der Waals surface area (Å²) in [6.45, 7) is 4.56. The summed E-state index contributed by atoms with van der Waals surface area (Å²) in [5.74, 6) is -1.38. The van der Waals surface area contributed by atoms with Crippen LogP contribution in [-0.4, -0.2) is 23.7 Å². The van der Waals surface area contributed by atoms with Crippen LogP contribution in [0.5, 0.6) is 0 Å². The highest BCUT2D eigenvalue weighted by molar-refractivity contribution is 7.10. The molecule has 0 spiro atoms. The summed E-state index contributed by atoms with van der Waals surface area (Å²) in [6, 6.07) is 1.68. The second-order valence-corrected chi connectivity index (χ2v) is 5.41. The number of urea groups is 1. The Balaban J connectivity index is 2.31. The van der Waals surface area contributed by atoms with Gasteiger partial charge in [-0.1, -0.05) is 13.3 Å². The summed E-state index contributed by atoms with van der Waals surface area (Å²) in [7, 11) is 0. The quantitative estimate of drug-likeness (QED) is 0.719. The molecule has 5 nitrogen and oxygen atoms in total. The van der Waals surface area contributed by atoms with Crippen LogP contribution in [-0.2, 0) is 11.3 Å². The smallest absolute Gasteiger partial charge is 0.315 e. The van der Waals surface area contributed by atoms with Crippen molar-refractivity contribution in [2.75, 3.05) is 6.54 Å². The highest BCUT2D eigenvalue weighted by atomic mass is 32.1. The van der Waals surface area contributed by atoms with Gasteiger partial charge in [-0.15, -0.1) is 11.3 Å². The van der Waals surface area contributed by atoms with Gasteiger partial charge in [-0.25, -0.2) is 4.79 Å². The van der Waals surface area contributed by atoms with Crippen molar-refractivity contribution < 1.29 is 14.7 Å². The van der Waals surface area contributed by atoms with Gasteiger partial charge in [-0.3, -0.25) is 4.79 Å². The fourth-order valence-corrected chi connectivity index (χ4v) is 2.53. The van der Waals surface area contributed by atoms with E-state index in [9.17, 15) is 9.59 Å². The molecule has 3 N–H and O–H groups in total. The minimum Gasteiger partial charge on any atom is -0.481 e. The van der Waals surface area contributed by atoms with E-state index in [2.05, 4.69) is 10.6 Å². The Labute approximate surface area is 117 Å². The van der Waals surface area contributed by atoms with Crippen LogP contribution in [0.1, 0.15) is 30.2 Å². The molecule has 1 heterocycles. The Hall–Kier alpha value is -1.56. The van der Waals surface area contributed by atoms with Crippen molar-refractivity contribution in [1.29, 1.82) is 0 Å². The van der Waals surface area contributed by atoms with E-state index in [0.29, 0.717) is 13.0 Å². The third-order valence-electron chi connectivity index (χ3n) is 2.87. The third-order valence-corrected chi connectivity index (χ3v) is 3.90. The average Bonchev–Trinajstić information content (AvgIpc) is 2.77. The maximum Gasteiger partial charge on any atom is 0.315 e. The number of carbonyl (C=O) groups excluding carboxylic acids is 1. The monoisotopic (exact) mass is 284 g/mol. The van der Waals surface area contributed by atoms with Gasteiger partial charge in [0.1, 0.15) is 0 Å². The highest BCUT2D eigenvalue weighted by Gasteiger charge is 2.17. The van der Waals surface area contributed by atoms with Crippen LogP contribution < -0.4 is 10.6 Å². The molecule has 1 aromatic heterocycles. The number of carboxylic acid groups (broad SMARTS) is 1. The molecular formula is C13H20N2O3S. The van der Waals surface area contributed by atoms with Crippen molar-refractivity contribution in [3.8, 4) is 0 Å². The fourth-order valence-electron chi connectivity index (χ4n) is 1.69. The fraction of sp³-hybridized carbons (Fsp3) is 0.538. The first-order valence-corrected chi connectivity index (χ1v) is 7.20. The summed E-state index contributed by atoms with van der Waals surface area (Å²) in [4.78, 5) is 23.6. The molecule has 19 heavy (non-hydrogen) atoms. The zero-order chi connectivity index (χ0) is 14.3. The second-order valence-electron chi connectivity index (χ2n) is 4.41. The van der Waals surface area contributed by atoms with Crippen molar-refractivity contribution in [3.05, 3.63) is 21.9 Å². The van der Waals surface area contributed by atoms with Gasteiger partial charge in [0.15, 0.2) is 0 Å². The lowest BCUT2D eigenvalue weighted by molar-refractivity contribution is -0.141. The standard InChI is InChI=1S/C13H20N2O3S/c1-3-4-10(12(16)17)7-14-13(18)15-8-11-9(2)5-6-19-11/h5-6,10H,3-4,7-8H2,1-2H3,(H,16,17)(H2,14,15,18). The van der Waals surface area contributed by atoms with E-state index < -0.39 is 11.9 Å². The molecule has 0 fully saturated rings. The zero-order valence-corrected chi connectivity index (χ0v) is 12.0. The molecule has 1 unspecified atom stereocenters. The van der Waals surface area contributed by atoms with Gasteiger partial charge in [-0.2, -0.15) is 0 Å². The number of rotatable bonds is 7. The predicted molar refractivity (Wildman–Crippen MR) is 75.3 cm³/mol. The molecule has 0 aliphatic heterocycles. The summed E-state index contributed by atoms with van der Waals surface area (Å²) >= 11 is 1.59. The number of carboxylic acids is 1. The molecule has 0 radical (unpaired) electrons. The van der Waals surface area contributed by atoms with Gasteiger partial charge in [0.25, 0.3) is 0 Å². The molecule has 0 bridgehead atoms. The first-order valence-electron chi connectivity index (χ1n) is 6.32. The minimum atomic E-state index is -0.865. The van der Waals surface area contributed by atoms with Gasteiger partial charge in [0.2, 0.25) is 0 Å². The van der Waals surface area contributed by atoms with Crippen molar-refractivity contribution in [1.82, 2.24) is 10.6 Å². The maximum atomic E-state index is 11.6. The van der Waals surface area contributed by atoms with Crippen molar-refractivity contribution in [3.63, 3.8) is 0 Å². The van der Waals surface area contributed by atoms with E-state index in [1.165, 1.54) is 0 Å². The molecule has 0 saturated carbocycles. The predicted octanol–water partition coefficient (Wildman–Crippen LogP) is 2.36.